The third-order valence-electron chi connectivity index (χ3n) is 5.34. The Bertz CT molecular complexity index is 1140. The van der Waals surface area contributed by atoms with Crippen LogP contribution >= 0.6 is 11.3 Å². The fraction of sp³-hybridized carbons (Fsp3) is 0.269. The molecular formula is C26H30N4O3S. The van der Waals surface area contributed by atoms with Gasteiger partial charge in [0.15, 0.2) is 0 Å². The number of hydrogen-bond acceptors (Lipinski definition) is 7. The topological polar surface area (TPSA) is 96.4 Å². The van der Waals surface area contributed by atoms with Crippen molar-refractivity contribution >= 4 is 28.9 Å². The molecule has 178 valence electrons. The Morgan fingerprint density at radius 2 is 1.94 bits per heavy atom. The molecule has 0 spiro atoms. The number of anilines is 2. The predicted molar refractivity (Wildman–Crippen MR) is 138 cm³/mol. The van der Waals surface area contributed by atoms with Crippen molar-refractivity contribution in [1.29, 1.82) is 0 Å². The van der Waals surface area contributed by atoms with Crippen LogP contribution in [-0.2, 0) is 0 Å². The number of nitrogens with one attached hydrogen (secondary N) is 2. The van der Waals surface area contributed by atoms with Gasteiger partial charge >= 0.3 is 0 Å². The lowest BCUT2D eigenvalue weighted by Gasteiger charge is -2.14. The minimum atomic E-state index is -0.0582. The van der Waals surface area contributed by atoms with Gasteiger partial charge in [-0.2, -0.15) is 0 Å². The van der Waals surface area contributed by atoms with E-state index in [0.717, 1.165) is 42.0 Å². The predicted octanol–water partition coefficient (Wildman–Crippen LogP) is 5.21. The maximum Gasteiger partial charge on any atom is 0.261 e. The quantitative estimate of drug-likeness (QED) is 0.404. The number of aromatic nitrogens is 2. The van der Waals surface area contributed by atoms with E-state index in [-0.39, 0.29) is 5.91 Å². The molecule has 1 atom stereocenters. The van der Waals surface area contributed by atoms with E-state index < -0.39 is 0 Å². The standard InChI is InChI=1S/C25H26N4O2S.CH4O/c1-17-6-4-3-5-7-18(17)16-27-24(30)23-13-12-22(32-23)21-14-15-26-25(29-21)28-19-8-10-20(31-2)11-9-19;1-2/h3-4,7-15,17H,5-6,16H2,1-2H3,(H,27,30)(H,26,28,29);2H,1H3. The van der Waals surface area contributed by atoms with E-state index in [0.29, 0.717) is 23.3 Å². The summed E-state index contributed by atoms with van der Waals surface area (Å²) >= 11 is 1.43. The first-order valence-corrected chi connectivity index (χ1v) is 11.8. The van der Waals surface area contributed by atoms with Gasteiger partial charge in [0.25, 0.3) is 5.91 Å². The molecule has 1 aliphatic rings. The number of benzene rings is 1. The number of ether oxygens (including phenoxy) is 1. The first-order valence-electron chi connectivity index (χ1n) is 11.0. The van der Waals surface area contributed by atoms with Gasteiger partial charge in [0, 0.05) is 25.5 Å². The van der Waals surface area contributed by atoms with E-state index in [1.54, 1.807) is 13.3 Å². The SMILES string of the molecule is CO.COc1ccc(Nc2nccc(-c3ccc(C(=O)NCC4=CCC=CCC4C)s3)n2)cc1. The smallest absolute Gasteiger partial charge is 0.261 e. The van der Waals surface area contributed by atoms with Gasteiger partial charge < -0.3 is 20.5 Å². The number of hydrogen-bond donors (Lipinski definition) is 3. The van der Waals surface area contributed by atoms with Crippen molar-refractivity contribution in [2.75, 3.05) is 26.1 Å². The van der Waals surface area contributed by atoms with Crippen LogP contribution in [0, 0.1) is 5.92 Å². The maximum absolute atomic E-state index is 12.7. The molecule has 3 aromatic rings. The summed E-state index contributed by atoms with van der Waals surface area (Å²) < 4.78 is 5.18. The number of aliphatic hydroxyl groups is 1. The number of thiophene rings is 1. The lowest BCUT2D eigenvalue weighted by molar-refractivity contribution is 0.0960. The summed E-state index contributed by atoms with van der Waals surface area (Å²) in [5.74, 6) is 1.67. The number of carbonyl (C=O) groups is 1. The van der Waals surface area contributed by atoms with Crippen molar-refractivity contribution in [2.24, 2.45) is 5.92 Å². The van der Waals surface area contributed by atoms with Gasteiger partial charge in [-0.05, 0) is 61.2 Å². The molecule has 7 nitrogen and oxygen atoms in total. The molecule has 0 aliphatic heterocycles. The van der Waals surface area contributed by atoms with Crippen molar-refractivity contribution in [2.45, 2.75) is 19.8 Å². The van der Waals surface area contributed by atoms with Crippen LogP contribution in [0.25, 0.3) is 10.6 Å². The maximum atomic E-state index is 12.7. The van der Waals surface area contributed by atoms with E-state index in [4.69, 9.17) is 9.84 Å². The summed E-state index contributed by atoms with van der Waals surface area (Å²) in [7, 11) is 2.64. The first-order chi connectivity index (χ1) is 16.6. The lowest BCUT2D eigenvalue weighted by Crippen LogP contribution is -2.26. The molecule has 1 aromatic carbocycles. The van der Waals surface area contributed by atoms with E-state index in [2.05, 4.69) is 45.8 Å². The zero-order chi connectivity index (χ0) is 24.3. The number of allylic oxidation sites excluding steroid dienone is 3. The Hall–Kier alpha value is -3.49. The number of aliphatic hydroxyl groups excluding tert-OH is 1. The van der Waals surface area contributed by atoms with Crippen LogP contribution in [-0.4, -0.2) is 41.7 Å². The van der Waals surface area contributed by atoms with Crippen LogP contribution in [0.15, 0.2) is 72.5 Å². The molecule has 3 N–H and O–H groups in total. The Balaban J connectivity index is 0.00000158. The summed E-state index contributed by atoms with van der Waals surface area (Å²) in [5.41, 5.74) is 2.92. The Morgan fingerprint density at radius 3 is 2.71 bits per heavy atom. The highest BCUT2D eigenvalue weighted by molar-refractivity contribution is 7.17. The number of rotatable bonds is 7. The molecule has 0 bridgehead atoms. The summed E-state index contributed by atoms with van der Waals surface area (Å²) in [5, 5.41) is 13.3. The van der Waals surface area contributed by atoms with Gasteiger partial charge in [-0.3, -0.25) is 4.79 Å². The Morgan fingerprint density at radius 1 is 1.15 bits per heavy atom. The molecule has 1 aliphatic carbocycles. The number of nitrogens with zero attached hydrogens (tertiary/aromatic N) is 2. The molecule has 0 saturated heterocycles. The van der Waals surface area contributed by atoms with Gasteiger partial charge in [-0.1, -0.05) is 30.7 Å². The van der Waals surface area contributed by atoms with Crippen LogP contribution in [0.5, 0.6) is 5.75 Å². The van der Waals surface area contributed by atoms with Crippen molar-refractivity contribution in [3.05, 3.63) is 77.3 Å². The second-order valence-corrected chi connectivity index (χ2v) is 8.67. The minimum Gasteiger partial charge on any atom is -0.497 e. The number of methoxy groups -OCH3 is 1. The molecule has 34 heavy (non-hydrogen) atoms. The van der Waals surface area contributed by atoms with Crippen LogP contribution in [0.2, 0.25) is 0 Å². The van der Waals surface area contributed by atoms with Gasteiger partial charge in [0.1, 0.15) is 5.75 Å². The highest BCUT2D eigenvalue weighted by atomic mass is 32.1. The average Bonchev–Trinajstić information content (AvgIpc) is 3.29. The molecule has 8 heteroatoms. The summed E-state index contributed by atoms with van der Waals surface area (Å²) in [6.07, 6.45) is 10.3. The summed E-state index contributed by atoms with van der Waals surface area (Å²) in [6.45, 7) is 2.78. The average molecular weight is 479 g/mol. The van der Waals surface area contributed by atoms with Gasteiger partial charge in [0.05, 0.1) is 22.6 Å². The number of carbonyl (C=O) groups excluding carboxylic acids is 1. The largest absolute Gasteiger partial charge is 0.497 e. The number of amides is 1. The van der Waals surface area contributed by atoms with Crippen molar-refractivity contribution in [1.82, 2.24) is 15.3 Å². The highest BCUT2D eigenvalue weighted by Gasteiger charge is 2.14. The molecule has 2 aromatic heterocycles. The minimum absolute atomic E-state index is 0.0582. The second kappa shape index (κ2) is 12.7. The molecule has 0 radical (unpaired) electrons. The monoisotopic (exact) mass is 478 g/mol. The molecule has 2 heterocycles. The van der Waals surface area contributed by atoms with E-state index in [1.165, 1.54) is 16.9 Å². The van der Waals surface area contributed by atoms with Crippen molar-refractivity contribution in [3.63, 3.8) is 0 Å². The molecular weight excluding hydrogens is 448 g/mol. The van der Waals surface area contributed by atoms with E-state index in [9.17, 15) is 4.79 Å². The van der Waals surface area contributed by atoms with Crippen LogP contribution in [0.1, 0.15) is 29.4 Å². The lowest BCUT2D eigenvalue weighted by atomic mass is 9.98. The fourth-order valence-electron chi connectivity index (χ4n) is 3.44. The van der Waals surface area contributed by atoms with Crippen molar-refractivity contribution in [3.8, 4) is 16.3 Å². The van der Waals surface area contributed by atoms with Crippen LogP contribution in [0.4, 0.5) is 11.6 Å². The molecule has 0 saturated carbocycles. The molecule has 1 amide bonds. The fourth-order valence-corrected chi connectivity index (χ4v) is 4.33. The van der Waals surface area contributed by atoms with Crippen LogP contribution < -0.4 is 15.4 Å². The zero-order valence-electron chi connectivity index (χ0n) is 19.6. The molecule has 4 rings (SSSR count). The Kier molecular flexibility index (Phi) is 9.37. The molecule has 1 unspecified atom stereocenters. The van der Waals surface area contributed by atoms with E-state index >= 15 is 0 Å². The first kappa shape index (κ1) is 25.1. The summed E-state index contributed by atoms with van der Waals surface area (Å²) in [4.78, 5) is 23.2. The van der Waals surface area contributed by atoms with Gasteiger partial charge in [-0.25, -0.2) is 9.97 Å². The normalized spacial score (nSPS) is 14.8. The molecule has 0 fully saturated rings. The summed E-state index contributed by atoms with van der Waals surface area (Å²) in [6, 6.07) is 13.2. The van der Waals surface area contributed by atoms with Crippen LogP contribution in [0.3, 0.4) is 0 Å². The third kappa shape index (κ3) is 6.76. The van der Waals surface area contributed by atoms with Crippen molar-refractivity contribution < 1.29 is 14.6 Å². The highest BCUT2D eigenvalue weighted by Crippen LogP contribution is 2.28. The van der Waals surface area contributed by atoms with Gasteiger partial charge in [0.2, 0.25) is 5.95 Å². The third-order valence-corrected chi connectivity index (χ3v) is 6.45. The van der Waals surface area contributed by atoms with E-state index in [1.807, 2.05) is 42.5 Å². The zero-order valence-corrected chi connectivity index (χ0v) is 20.4. The second-order valence-electron chi connectivity index (χ2n) is 7.59. The van der Waals surface area contributed by atoms with Gasteiger partial charge in [-0.15, -0.1) is 11.3 Å². The Labute approximate surface area is 204 Å².